The van der Waals surface area contributed by atoms with E-state index in [0.29, 0.717) is 18.7 Å². The second kappa shape index (κ2) is 7.21. The summed E-state index contributed by atoms with van der Waals surface area (Å²) in [4.78, 5) is 24.2. The second-order valence-electron chi connectivity index (χ2n) is 5.68. The van der Waals surface area contributed by atoms with Crippen molar-refractivity contribution in [1.82, 2.24) is 10.7 Å². The van der Waals surface area contributed by atoms with Crippen LogP contribution in [-0.2, 0) is 6.42 Å². The Balaban J connectivity index is 1.84. The minimum atomic E-state index is -0.422. The summed E-state index contributed by atoms with van der Waals surface area (Å²) in [5.74, 6) is 0.478. The smallest absolute Gasteiger partial charge is 0.307 e. The molecule has 2 heterocycles. The fourth-order valence-corrected chi connectivity index (χ4v) is 2.82. The summed E-state index contributed by atoms with van der Waals surface area (Å²) in [6.07, 6.45) is 5.29. The summed E-state index contributed by atoms with van der Waals surface area (Å²) in [6.45, 7) is 5.76. The van der Waals surface area contributed by atoms with E-state index in [1.165, 1.54) is 6.26 Å². The van der Waals surface area contributed by atoms with E-state index < -0.39 is 5.91 Å². The number of fused-ring (bicyclic) bond motifs is 1. The molecule has 2 N–H and O–H groups in total. The Morgan fingerprint density at radius 3 is 2.92 bits per heavy atom. The van der Waals surface area contributed by atoms with E-state index in [1.54, 1.807) is 18.2 Å². The number of furan rings is 2. The molecule has 7 heteroatoms. The zero-order chi connectivity index (χ0) is 17.8. The number of amides is 2. The van der Waals surface area contributed by atoms with Gasteiger partial charge in [-0.2, -0.15) is 5.10 Å². The first kappa shape index (κ1) is 16.8. The first-order valence-corrected chi connectivity index (χ1v) is 8.04. The van der Waals surface area contributed by atoms with Gasteiger partial charge in [-0.05, 0) is 31.9 Å². The molecule has 25 heavy (non-hydrogen) atoms. The zero-order valence-electron chi connectivity index (χ0n) is 13.9. The van der Waals surface area contributed by atoms with Crippen LogP contribution in [0.1, 0.15) is 50.8 Å². The van der Waals surface area contributed by atoms with Crippen LogP contribution in [0.4, 0.5) is 0 Å². The van der Waals surface area contributed by atoms with Gasteiger partial charge in [0.05, 0.1) is 12.0 Å². The number of aryl methyl sites for hydroxylation is 1. The van der Waals surface area contributed by atoms with E-state index in [1.807, 2.05) is 6.92 Å². The Hall–Kier alpha value is -3.09. The first-order chi connectivity index (χ1) is 12.1. The first-order valence-electron chi connectivity index (χ1n) is 8.04. The lowest BCUT2D eigenvalue weighted by atomic mass is 9.93. The Morgan fingerprint density at radius 2 is 2.20 bits per heavy atom. The lowest BCUT2D eigenvalue weighted by Crippen LogP contribution is -2.24. The van der Waals surface area contributed by atoms with Crippen LogP contribution in [0.2, 0.25) is 0 Å². The van der Waals surface area contributed by atoms with Crippen LogP contribution < -0.4 is 10.7 Å². The summed E-state index contributed by atoms with van der Waals surface area (Å²) >= 11 is 0. The Kier molecular flexibility index (Phi) is 4.83. The van der Waals surface area contributed by atoms with Gasteiger partial charge in [0.1, 0.15) is 5.76 Å². The molecule has 2 aromatic rings. The molecule has 2 aromatic heterocycles. The molecule has 130 valence electrons. The second-order valence-corrected chi connectivity index (χ2v) is 5.68. The predicted molar refractivity (Wildman–Crippen MR) is 91.6 cm³/mol. The molecular formula is C18H19N3O4. The molecule has 0 saturated carbocycles. The molecule has 0 fully saturated rings. The molecule has 0 aliphatic heterocycles. The Labute approximate surface area is 144 Å². The zero-order valence-corrected chi connectivity index (χ0v) is 13.9. The van der Waals surface area contributed by atoms with Crippen molar-refractivity contribution in [3.63, 3.8) is 0 Å². The normalized spacial score (nSPS) is 14.8. The van der Waals surface area contributed by atoms with Crippen LogP contribution in [0, 0.1) is 6.92 Å². The number of hydrogen-bond acceptors (Lipinski definition) is 5. The van der Waals surface area contributed by atoms with Gasteiger partial charge < -0.3 is 14.2 Å². The third-order valence-electron chi connectivity index (χ3n) is 3.98. The van der Waals surface area contributed by atoms with Gasteiger partial charge in [-0.3, -0.25) is 9.59 Å². The van der Waals surface area contributed by atoms with E-state index >= 15 is 0 Å². The van der Waals surface area contributed by atoms with Crippen molar-refractivity contribution in [2.45, 2.75) is 26.2 Å². The minimum absolute atomic E-state index is 0.189. The number of nitrogens with one attached hydrogen (secondary N) is 2. The number of carbonyl (C=O) groups excluding carboxylic acids is 2. The molecule has 2 amide bonds. The van der Waals surface area contributed by atoms with Gasteiger partial charge in [0.25, 0.3) is 5.91 Å². The van der Waals surface area contributed by atoms with E-state index in [9.17, 15) is 9.59 Å². The molecule has 7 nitrogen and oxygen atoms in total. The fourth-order valence-electron chi connectivity index (χ4n) is 2.82. The van der Waals surface area contributed by atoms with Gasteiger partial charge in [0.15, 0.2) is 11.5 Å². The molecule has 0 bridgehead atoms. The monoisotopic (exact) mass is 341 g/mol. The molecule has 0 atom stereocenters. The number of rotatable bonds is 5. The summed E-state index contributed by atoms with van der Waals surface area (Å²) in [5.41, 5.74) is 4.72. The maximum atomic E-state index is 12.2. The van der Waals surface area contributed by atoms with E-state index in [2.05, 4.69) is 22.4 Å². The van der Waals surface area contributed by atoms with Crippen LogP contribution in [-0.4, -0.2) is 24.1 Å². The fraction of sp³-hybridized carbons (Fsp3) is 0.278. The van der Waals surface area contributed by atoms with Crippen LogP contribution >= 0.6 is 0 Å². The van der Waals surface area contributed by atoms with E-state index in [0.717, 1.165) is 29.7 Å². The SMILES string of the molecule is C=CCNC(=O)c1oc2c(c1C)/C(=N/NC(=O)c1ccco1)CCC2. The van der Waals surface area contributed by atoms with Crippen molar-refractivity contribution >= 4 is 17.5 Å². The molecule has 0 saturated heterocycles. The highest BCUT2D eigenvalue weighted by atomic mass is 16.4. The van der Waals surface area contributed by atoms with Gasteiger partial charge in [0.2, 0.25) is 0 Å². The quantitative estimate of drug-likeness (QED) is 0.645. The van der Waals surface area contributed by atoms with Gasteiger partial charge in [-0.15, -0.1) is 6.58 Å². The van der Waals surface area contributed by atoms with Crippen LogP contribution in [0.25, 0.3) is 0 Å². The third-order valence-corrected chi connectivity index (χ3v) is 3.98. The highest BCUT2D eigenvalue weighted by Crippen LogP contribution is 2.29. The maximum Gasteiger partial charge on any atom is 0.307 e. The topological polar surface area (TPSA) is 96.8 Å². The summed E-state index contributed by atoms with van der Waals surface area (Å²) < 4.78 is 10.8. The van der Waals surface area contributed by atoms with Crippen molar-refractivity contribution in [2.75, 3.05) is 6.54 Å². The average molecular weight is 341 g/mol. The van der Waals surface area contributed by atoms with Crippen LogP contribution in [0.3, 0.4) is 0 Å². The van der Waals surface area contributed by atoms with E-state index in [4.69, 9.17) is 8.83 Å². The Bertz CT molecular complexity index is 831. The summed E-state index contributed by atoms with van der Waals surface area (Å²) in [7, 11) is 0. The van der Waals surface area contributed by atoms with Crippen LogP contribution in [0.5, 0.6) is 0 Å². The highest BCUT2D eigenvalue weighted by Gasteiger charge is 2.28. The minimum Gasteiger partial charge on any atom is -0.459 e. The number of hydrazone groups is 1. The number of carbonyl (C=O) groups is 2. The average Bonchev–Trinajstić information content (AvgIpc) is 3.26. The van der Waals surface area contributed by atoms with Crippen molar-refractivity contribution < 1.29 is 18.4 Å². The van der Waals surface area contributed by atoms with E-state index in [-0.39, 0.29) is 17.4 Å². The lowest BCUT2D eigenvalue weighted by Gasteiger charge is -2.13. The third kappa shape index (κ3) is 3.40. The highest BCUT2D eigenvalue weighted by molar-refractivity contribution is 6.07. The van der Waals surface area contributed by atoms with Crippen molar-refractivity contribution in [3.05, 3.63) is 59.5 Å². The van der Waals surface area contributed by atoms with Crippen molar-refractivity contribution in [1.29, 1.82) is 0 Å². The molecule has 0 radical (unpaired) electrons. The van der Waals surface area contributed by atoms with Gasteiger partial charge >= 0.3 is 5.91 Å². The van der Waals surface area contributed by atoms with Crippen molar-refractivity contribution in [3.8, 4) is 0 Å². The standard InChI is InChI=1S/C18H19N3O4/c1-3-9-19-18(23)16-11(2)15-12(6-4-7-13(15)25-16)20-21-17(22)14-8-5-10-24-14/h3,5,8,10H,1,4,6-7,9H2,2H3,(H,19,23)(H,21,22)/b20-12+. The lowest BCUT2D eigenvalue weighted by molar-refractivity contribution is 0.0920. The molecule has 0 aromatic carbocycles. The molecule has 1 aliphatic carbocycles. The molecule has 0 spiro atoms. The molecule has 3 rings (SSSR count). The van der Waals surface area contributed by atoms with Gasteiger partial charge in [-0.25, -0.2) is 5.43 Å². The predicted octanol–water partition coefficient (Wildman–Crippen LogP) is 2.57. The number of hydrogen-bond donors (Lipinski definition) is 2. The van der Waals surface area contributed by atoms with Crippen molar-refractivity contribution in [2.24, 2.45) is 5.10 Å². The van der Waals surface area contributed by atoms with Gasteiger partial charge in [-0.1, -0.05) is 6.08 Å². The molecule has 1 aliphatic rings. The molecule has 0 unspecified atom stereocenters. The Morgan fingerprint density at radius 1 is 1.36 bits per heavy atom. The maximum absolute atomic E-state index is 12.2. The van der Waals surface area contributed by atoms with Crippen LogP contribution in [0.15, 0.2) is 45.0 Å². The summed E-state index contributed by atoms with van der Waals surface area (Å²) in [6, 6.07) is 3.20. The largest absolute Gasteiger partial charge is 0.459 e. The number of nitrogens with zero attached hydrogens (tertiary/aromatic N) is 1. The summed E-state index contributed by atoms with van der Waals surface area (Å²) in [5, 5.41) is 6.93. The molecular weight excluding hydrogens is 322 g/mol. The van der Waals surface area contributed by atoms with Gasteiger partial charge in [0, 0.05) is 24.1 Å².